The van der Waals surface area contributed by atoms with E-state index in [0.29, 0.717) is 13.0 Å². The van der Waals surface area contributed by atoms with Crippen molar-refractivity contribution in [3.8, 4) is 0 Å². The number of benzene rings is 1. The first kappa shape index (κ1) is 30.5. The number of amides is 3. The van der Waals surface area contributed by atoms with Gasteiger partial charge in [0.05, 0.1) is 0 Å². The van der Waals surface area contributed by atoms with E-state index in [1.54, 1.807) is 25.7 Å². The van der Waals surface area contributed by atoms with Crippen molar-refractivity contribution in [2.24, 2.45) is 5.92 Å². The third kappa shape index (κ3) is 9.19. The molecule has 0 spiro atoms. The highest BCUT2D eigenvalue weighted by Crippen LogP contribution is 2.29. The standard InChI is InChI=1S/C28H47N3O4/c1-11-14-21(7)29-25(32)24(22-19(5)15-13-16-20(22)6)31(17-12-2)26(33)23(18(3)4)30-27(34)35-28(8,9)10/h13,15-16,18,21,23-24H,11-12,14,17H2,1-10H3,(H,29,32)(H,30,34). The van der Waals surface area contributed by atoms with Crippen LogP contribution in [0.1, 0.15) is 97.4 Å². The quantitative estimate of drug-likeness (QED) is 0.433. The third-order valence-corrected chi connectivity index (χ3v) is 5.84. The molecule has 3 atom stereocenters. The fourth-order valence-corrected chi connectivity index (χ4v) is 4.25. The van der Waals surface area contributed by atoms with Gasteiger partial charge in [0.15, 0.2) is 0 Å². The van der Waals surface area contributed by atoms with Gasteiger partial charge in [-0.05, 0) is 77.0 Å². The number of carbonyl (C=O) groups excluding carboxylic acids is 3. The van der Waals surface area contributed by atoms with Gasteiger partial charge in [0.2, 0.25) is 11.8 Å². The van der Waals surface area contributed by atoms with Crippen molar-refractivity contribution in [3.63, 3.8) is 0 Å². The van der Waals surface area contributed by atoms with Crippen LogP contribution in [0.5, 0.6) is 0 Å². The molecule has 0 radical (unpaired) electrons. The molecule has 0 aliphatic rings. The molecule has 0 aliphatic heterocycles. The molecule has 0 saturated carbocycles. The Balaban J connectivity index is 3.51. The van der Waals surface area contributed by atoms with Crippen LogP contribution in [0.25, 0.3) is 0 Å². The molecule has 3 amide bonds. The van der Waals surface area contributed by atoms with E-state index in [1.807, 2.05) is 59.7 Å². The van der Waals surface area contributed by atoms with Crippen molar-refractivity contribution in [2.45, 2.75) is 112 Å². The van der Waals surface area contributed by atoms with Gasteiger partial charge in [0.1, 0.15) is 17.7 Å². The van der Waals surface area contributed by atoms with E-state index in [0.717, 1.165) is 29.5 Å². The van der Waals surface area contributed by atoms with E-state index in [9.17, 15) is 14.4 Å². The van der Waals surface area contributed by atoms with Gasteiger partial charge >= 0.3 is 6.09 Å². The van der Waals surface area contributed by atoms with Gasteiger partial charge < -0.3 is 20.3 Å². The number of hydrogen-bond acceptors (Lipinski definition) is 4. The van der Waals surface area contributed by atoms with Crippen molar-refractivity contribution >= 4 is 17.9 Å². The Labute approximate surface area is 212 Å². The molecule has 0 saturated heterocycles. The molecule has 0 fully saturated rings. The summed E-state index contributed by atoms with van der Waals surface area (Å²) in [5.41, 5.74) is 2.04. The molecule has 3 unspecified atom stereocenters. The Kier molecular flexibility index (Phi) is 11.7. The van der Waals surface area contributed by atoms with Crippen molar-refractivity contribution in [2.75, 3.05) is 6.54 Å². The zero-order chi connectivity index (χ0) is 26.9. The van der Waals surface area contributed by atoms with Crippen LogP contribution >= 0.6 is 0 Å². The Bertz CT molecular complexity index is 840. The van der Waals surface area contributed by atoms with Crippen LogP contribution in [0.3, 0.4) is 0 Å². The first-order chi connectivity index (χ1) is 16.2. The molecule has 1 aromatic carbocycles. The lowest BCUT2D eigenvalue weighted by Crippen LogP contribution is -2.55. The maximum Gasteiger partial charge on any atom is 0.408 e. The van der Waals surface area contributed by atoms with Crippen LogP contribution in [-0.4, -0.2) is 47.0 Å². The minimum Gasteiger partial charge on any atom is -0.444 e. The lowest BCUT2D eigenvalue weighted by molar-refractivity contribution is -0.143. The molecule has 7 nitrogen and oxygen atoms in total. The fraction of sp³-hybridized carbons (Fsp3) is 0.679. The molecule has 1 rings (SSSR count). The summed E-state index contributed by atoms with van der Waals surface area (Å²) in [6.45, 7) is 19.4. The van der Waals surface area contributed by atoms with E-state index in [2.05, 4.69) is 17.6 Å². The first-order valence-electron chi connectivity index (χ1n) is 12.9. The molecule has 0 bridgehead atoms. The number of rotatable bonds is 11. The van der Waals surface area contributed by atoms with Crippen molar-refractivity contribution in [1.82, 2.24) is 15.5 Å². The summed E-state index contributed by atoms with van der Waals surface area (Å²) in [4.78, 5) is 41.9. The molecule has 7 heteroatoms. The first-order valence-corrected chi connectivity index (χ1v) is 12.9. The molecular weight excluding hydrogens is 442 g/mol. The van der Waals surface area contributed by atoms with Crippen LogP contribution in [0.2, 0.25) is 0 Å². The Morgan fingerprint density at radius 2 is 1.54 bits per heavy atom. The highest BCUT2D eigenvalue weighted by atomic mass is 16.6. The summed E-state index contributed by atoms with van der Waals surface area (Å²) in [7, 11) is 0. The molecule has 1 aromatic rings. The topological polar surface area (TPSA) is 87.7 Å². The van der Waals surface area contributed by atoms with Crippen molar-refractivity contribution in [1.29, 1.82) is 0 Å². The highest BCUT2D eigenvalue weighted by molar-refractivity contribution is 5.92. The summed E-state index contributed by atoms with van der Waals surface area (Å²) in [6, 6.07) is 4.24. The number of alkyl carbamates (subject to hydrolysis) is 1. The molecule has 2 N–H and O–H groups in total. The largest absolute Gasteiger partial charge is 0.444 e. The second kappa shape index (κ2) is 13.5. The number of ether oxygens (including phenoxy) is 1. The normalized spacial score (nSPS) is 14.1. The fourth-order valence-electron chi connectivity index (χ4n) is 4.25. The maximum absolute atomic E-state index is 14.0. The van der Waals surface area contributed by atoms with Gasteiger partial charge in [-0.2, -0.15) is 0 Å². The monoisotopic (exact) mass is 489 g/mol. The lowest BCUT2D eigenvalue weighted by atomic mass is 9.92. The zero-order valence-corrected chi connectivity index (χ0v) is 23.5. The zero-order valence-electron chi connectivity index (χ0n) is 23.5. The van der Waals surface area contributed by atoms with Crippen molar-refractivity contribution in [3.05, 3.63) is 34.9 Å². The number of aryl methyl sites for hydroxylation is 2. The summed E-state index contributed by atoms with van der Waals surface area (Å²) < 4.78 is 5.42. The third-order valence-electron chi connectivity index (χ3n) is 5.84. The van der Waals surface area contributed by atoms with E-state index in [4.69, 9.17) is 4.74 Å². The number of carbonyl (C=O) groups is 3. The second-order valence-corrected chi connectivity index (χ2v) is 10.8. The SMILES string of the molecule is CCCC(C)NC(=O)C(c1c(C)cccc1C)N(CCC)C(=O)C(NC(=O)OC(C)(C)C)C(C)C. The van der Waals surface area contributed by atoms with E-state index in [1.165, 1.54) is 0 Å². The van der Waals surface area contributed by atoms with Crippen LogP contribution < -0.4 is 10.6 Å². The summed E-state index contributed by atoms with van der Waals surface area (Å²) in [5, 5.41) is 5.89. The molecule has 0 aliphatic carbocycles. The van der Waals surface area contributed by atoms with E-state index < -0.39 is 23.8 Å². The van der Waals surface area contributed by atoms with Gasteiger partial charge in [-0.3, -0.25) is 9.59 Å². The van der Waals surface area contributed by atoms with E-state index >= 15 is 0 Å². The second-order valence-electron chi connectivity index (χ2n) is 10.8. The Morgan fingerprint density at radius 3 is 2.00 bits per heavy atom. The van der Waals surface area contributed by atoms with Gasteiger partial charge in [-0.1, -0.05) is 52.3 Å². The van der Waals surface area contributed by atoms with Crippen LogP contribution in [0, 0.1) is 19.8 Å². The van der Waals surface area contributed by atoms with Crippen LogP contribution in [0.4, 0.5) is 4.79 Å². The summed E-state index contributed by atoms with van der Waals surface area (Å²) in [5.74, 6) is -0.696. The van der Waals surface area contributed by atoms with Crippen LogP contribution in [0.15, 0.2) is 18.2 Å². The molecule has 35 heavy (non-hydrogen) atoms. The van der Waals surface area contributed by atoms with Gasteiger partial charge in [-0.15, -0.1) is 0 Å². The molecule has 198 valence electrons. The lowest BCUT2D eigenvalue weighted by Gasteiger charge is -2.37. The van der Waals surface area contributed by atoms with Gasteiger partial charge in [0, 0.05) is 12.6 Å². The minimum atomic E-state index is -0.830. The highest BCUT2D eigenvalue weighted by Gasteiger charge is 2.38. The number of nitrogens with zero attached hydrogens (tertiary/aromatic N) is 1. The van der Waals surface area contributed by atoms with E-state index in [-0.39, 0.29) is 23.8 Å². The van der Waals surface area contributed by atoms with Gasteiger partial charge in [-0.25, -0.2) is 4.79 Å². The average molecular weight is 490 g/mol. The van der Waals surface area contributed by atoms with Crippen LogP contribution in [-0.2, 0) is 14.3 Å². The average Bonchev–Trinajstić information content (AvgIpc) is 2.71. The van der Waals surface area contributed by atoms with Crippen molar-refractivity contribution < 1.29 is 19.1 Å². The Morgan fingerprint density at radius 1 is 0.971 bits per heavy atom. The minimum absolute atomic E-state index is 0.0151. The number of nitrogens with one attached hydrogen (secondary N) is 2. The molecule has 0 heterocycles. The smallest absolute Gasteiger partial charge is 0.408 e. The summed E-state index contributed by atoms with van der Waals surface area (Å²) >= 11 is 0. The molecule has 0 aromatic heterocycles. The van der Waals surface area contributed by atoms with Gasteiger partial charge in [0.25, 0.3) is 0 Å². The maximum atomic E-state index is 14.0. The molecular formula is C28H47N3O4. The predicted octanol–water partition coefficient (Wildman–Crippen LogP) is 5.44. The number of hydrogen-bond donors (Lipinski definition) is 2. The predicted molar refractivity (Wildman–Crippen MR) is 141 cm³/mol. The summed E-state index contributed by atoms with van der Waals surface area (Å²) in [6.07, 6.45) is 1.82. The Hall–Kier alpha value is -2.57.